The molecule has 1 aromatic carbocycles. The highest BCUT2D eigenvalue weighted by atomic mass is 19.1. The number of amides is 1. The monoisotopic (exact) mass is 284 g/mol. The van der Waals surface area contributed by atoms with Gasteiger partial charge in [-0.3, -0.25) is 4.79 Å². The van der Waals surface area contributed by atoms with Crippen LogP contribution in [0.4, 0.5) is 4.39 Å². The number of rotatable bonds is 7. The van der Waals surface area contributed by atoms with Gasteiger partial charge in [-0.05, 0) is 31.2 Å². The highest BCUT2D eigenvalue weighted by Gasteiger charge is 2.15. The molecule has 1 aromatic rings. The molecule has 0 aliphatic rings. The molecule has 2 N–H and O–H groups in total. The number of likely N-dealkylation sites (N-methyl/N-ethyl adjacent to an activating group) is 1. The Hall–Kier alpha value is -1.66. The van der Waals surface area contributed by atoms with Gasteiger partial charge in [-0.2, -0.15) is 0 Å². The van der Waals surface area contributed by atoms with E-state index in [4.69, 9.17) is 4.74 Å². The maximum absolute atomic E-state index is 12.7. The van der Waals surface area contributed by atoms with Gasteiger partial charge in [0.25, 0.3) is 0 Å². The van der Waals surface area contributed by atoms with Crippen LogP contribution in [-0.2, 0) is 4.79 Å². The second kappa shape index (κ2) is 7.81. The van der Waals surface area contributed by atoms with Gasteiger partial charge in [0, 0.05) is 20.6 Å². The quantitative estimate of drug-likeness (QED) is 0.771. The van der Waals surface area contributed by atoms with E-state index in [-0.39, 0.29) is 30.9 Å². The number of aliphatic hydroxyl groups excluding tert-OH is 1. The number of nitrogens with zero attached hydrogens (tertiary/aromatic N) is 1. The summed E-state index contributed by atoms with van der Waals surface area (Å²) in [6.45, 7) is 2.04. The molecule has 2 atom stereocenters. The van der Waals surface area contributed by atoms with Crippen LogP contribution < -0.4 is 10.1 Å². The van der Waals surface area contributed by atoms with Gasteiger partial charge in [-0.25, -0.2) is 4.39 Å². The summed E-state index contributed by atoms with van der Waals surface area (Å²) in [5, 5.41) is 12.7. The van der Waals surface area contributed by atoms with Crippen molar-refractivity contribution in [3.05, 3.63) is 30.1 Å². The largest absolute Gasteiger partial charge is 0.491 e. The Morgan fingerprint density at radius 2 is 2.00 bits per heavy atom. The molecule has 112 valence electrons. The van der Waals surface area contributed by atoms with Crippen LogP contribution in [0.3, 0.4) is 0 Å². The average molecular weight is 284 g/mol. The molecule has 0 saturated carbocycles. The number of carbonyl (C=O) groups excluding carboxylic acids is 1. The van der Waals surface area contributed by atoms with Crippen LogP contribution >= 0.6 is 0 Å². The number of nitrogens with one attached hydrogen (secondary N) is 1. The van der Waals surface area contributed by atoms with E-state index >= 15 is 0 Å². The highest BCUT2D eigenvalue weighted by molar-refractivity contribution is 5.80. The van der Waals surface area contributed by atoms with Crippen LogP contribution in [0.25, 0.3) is 0 Å². The van der Waals surface area contributed by atoms with Gasteiger partial charge >= 0.3 is 0 Å². The SMILES string of the molecule is CC(NCC(O)COc1ccc(F)cc1)C(=O)N(C)C. The fraction of sp³-hybridized carbons (Fsp3) is 0.500. The third kappa shape index (κ3) is 5.54. The average Bonchev–Trinajstić information content (AvgIpc) is 2.43. The van der Waals surface area contributed by atoms with Crippen molar-refractivity contribution in [3.8, 4) is 5.75 Å². The number of ether oxygens (including phenoxy) is 1. The smallest absolute Gasteiger partial charge is 0.238 e. The molecular formula is C14H21FN2O3. The lowest BCUT2D eigenvalue weighted by Gasteiger charge is -2.20. The lowest BCUT2D eigenvalue weighted by Crippen LogP contribution is -2.45. The number of benzene rings is 1. The lowest BCUT2D eigenvalue weighted by atomic mass is 10.2. The molecular weight excluding hydrogens is 263 g/mol. The molecule has 0 aliphatic heterocycles. The third-order valence-electron chi connectivity index (χ3n) is 2.73. The third-order valence-corrected chi connectivity index (χ3v) is 2.73. The predicted molar refractivity (Wildman–Crippen MR) is 74.1 cm³/mol. The van der Waals surface area contributed by atoms with Gasteiger partial charge < -0.3 is 20.1 Å². The van der Waals surface area contributed by atoms with E-state index < -0.39 is 6.10 Å². The standard InChI is InChI=1S/C14H21FN2O3/c1-10(14(19)17(2)3)16-8-12(18)9-20-13-6-4-11(15)5-7-13/h4-7,10,12,16,18H,8-9H2,1-3H3. The van der Waals surface area contributed by atoms with Crippen molar-refractivity contribution in [3.63, 3.8) is 0 Å². The Kier molecular flexibility index (Phi) is 6.41. The summed E-state index contributed by atoms with van der Waals surface area (Å²) in [5.74, 6) is 0.0927. The van der Waals surface area contributed by atoms with E-state index in [0.717, 1.165) is 0 Å². The summed E-state index contributed by atoms with van der Waals surface area (Å²) >= 11 is 0. The van der Waals surface area contributed by atoms with Gasteiger partial charge in [-0.15, -0.1) is 0 Å². The van der Waals surface area contributed by atoms with E-state index in [9.17, 15) is 14.3 Å². The summed E-state index contributed by atoms with van der Waals surface area (Å²) < 4.78 is 18.0. The van der Waals surface area contributed by atoms with Crippen molar-refractivity contribution in [2.24, 2.45) is 0 Å². The molecule has 1 amide bonds. The Morgan fingerprint density at radius 3 is 2.55 bits per heavy atom. The maximum atomic E-state index is 12.7. The molecule has 0 spiro atoms. The van der Waals surface area contributed by atoms with E-state index in [0.29, 0.717) is 5.75 Å². The van der Waals surface area contributed by atoms with Crippen LogP contribution in [0.5, 0.6) is 5.75 Å². The molecule has 0 saturated heterocycles. The zero-order valence-electron chi connectivity index (χ0n) is 12.0. The van der Waals surface area contributed by atoms with Gasteiger partial charge in [-0.1, -0.05) is 0 Å². The van der Waals surface area contributed by atoms with Crippen LogP contribution in [0.2, 0.25) is 0 Å². The first-order valence-electron chi connectivity index (χ1n) is 6.41. The summed E-state index contributed by atoms with van der Waals surface area (Å²) in [5.41, 5.74) is 0. The molecule has 2 unspecified atom stereocenters. The fourth-order valence-electron chi connectivity index (χ4n) is 1.57. The Morgan fingerprint density at radius 1 is 1.40 bits per heavy atom. The minimum Gasteiger partial charge on any atom is -0.491 e. The van der Waals surface area contributed by atoms with E-state index in [1.807, 2.05) is 0 Å². The highest BCUT2D eigenvalue weighted by Crippen LogP contribution is 2.11. The van der Waals surface area contributed by atoms with Crippen molar-refractivity contribution in [2.45, 2.75) is 19.1 Å². The molecule has 1 rings (SSSR count). The number of hydrogen-bond acceptors (Lipinski definition) is 4. The zero-order valence-corrected chi connectivity index (χ0v) is 12.0. The zero-order chi connectivity index (χ0) is 15.1. The first-order chi connectivity index (χ1) is 9.40. The molecule has 5 nitrogen and oxygen atoms in total. The Balaban J connectivity index is 2.28. The van der Waals surface area contributed by atoms with Gasteiger partial charge in [0.05, 0.1) is 6.04 Å². The number of halogens is 1. The topological polar surface area (TPSA) is 61.8 Å². The number of hydrogen-bond donors (Lipinski definition) is 2. The molecule has 20 heavy (non-hydrogen) atoms. The fourth-order valence-corrected chi connectivity index (χ4v) is 1.57. The molecule has 0 radical (unpaired) electrons. The van der Waals surface area contributed by atoms with Crippen LogP contribution in [0.1, 0.15) is 6.92 Å². The Labute approximate surface area is 118 Å². The summed E-state index contributed by atoms with van der Waals surface area (Å²) in [7, 11) is 3.35. The molecule has 0 fully saturated rings. The normalized spacial score (nSPS) is 13.7. The van der Waals surface area contributed by atoms with Crippen molar-refractivity contribution >= 4 is 5.91 Å². The summed E-state index contributed by atoms with van der Waals surface area (Å²) in [4.78, 5) is 13.1. The van der Waals surface area contributed by atoms with Gasteiger partial charge in [0.15, 0.2) is 0 Å². The summed E-state index contributed by atoms with van der Waals surface area (Å²) in [6, 6.07) is 5.20. The number of carbonyl (C=O) groups is 1. The number of aliphatic hydroxyl groups is 1. The van der Waals surface area contributed by atoms with E-state index in [1.54, 1.807) is 21.0 Å². The molecule has 0 bridgehead atoms. The minimum atomic E-state index is -0.752. The van der Waals surface area contributed by atoms with E-state index in [2.05, 4.69) is 5.32 Å². The van der Waals surface area contributed by atoms with Crippen molar-refractivity contribution < 1.29 is 19.0 Å². The first-order valence-corrected chi connectivity index (χ1v) is 6.41. The minimum absolute atomic E-state index is 0.0587. The van der Waals surface area contributed by atoms with Crippen LogP contribution in [0, 0.1) is 5.82 Å². The molecule has 0 aliphatic carbocycles. The van der Waals surface area contributed by atoms with Gasteiger partial charge in [0.2, 0.25) is 5.91 Å². The van der Waals surface area contributed by atoms with Gasteiger partial charge in [0.1, 0.15) is 24.3 Å². The summed E-state index contributed by atoms with van der Waals surface area (Å²) in [6.07, 6.45) is -0.752. The molecule has 0 heterocycles. The Bertz CT molecular complexity index is 423. The lowest BCUT2D eigenvalue weighted by molar-refractivity contribution is -0.130. The molecule has 6 heteroatoms. The molecule has 0 aromatic heterocycles. The maximum Gasteiger partial charge on any atom is 0.238 e. The first kappa shape index (κ1) is 16.4. The second-order valence-electron chi connectivity index (χ2n) is 4.78. The van der Waals surface area contributed by atoms with Crippen LogP contribution in [0.15, 0.2) is 24.3 Å². The van der Waals surface area contributed by atoms with E-state index in [1.165, 1.54) is 29.2 Å². The van der Waals surface area contributed by atoms with Crippen LogP contribution in [-0.4, -0.2) is 55.3 Å². The van der Waals surface area contributed by atoms with Crippen molar-refractivity contribution in [1.29, 1.82) is 0 Å². The second-order valence-corrected chi connectivity index (χ2v) is 4.78. The predicted octanol–water partition coefficient (Wildman–Crippen LogP) is 0.632. The van der Waals surface area contributed by atoms with Crippen molar-refractivity contribution in [1.82, 2.24) is 10.2 Å². The van der Waals surface area contributed by atoms with Crippen molar-refractivity contribution in [2.75, 3.05) is 27.2 Å².